The monoisotopic (exact) mass is 445 g/mol. The predicted octanol–water partition coefficient (Wildman–Crippen LogP) is 3.53. The minimum absolute atomic E-state index is 0. The zero-order valence-electron chi connectivity index (χ0n) is 13.6. The molecule has 2 aromatic rings. The molecule has 0 aromatic heterocycles. The molecular weight excluding hydrogens is 424 g/mol. The highest BCUT2D eigenvalue weighted by Crippen LogP contribution is 2.16. The lowest BCUT2D eigenvalue weighted by Gasteiger charge is -2.08. The summed E-state index contributed by atoms with van der Waals surface area (Å²) in [7, 11) is 3.13. The van der Waals surface area contributed by atoms with Crippen LogP contribution in [0.2, 0.25) is 0 Å². The Kier molecular flexibility index (Phi) is 8.48. The third kappa shape index (κ3) is 5.97. The summed E-state index contributed by atoms with van der Waals surface area (Å²) in [4.78, 5) is 4.26. The van der Waals surface area contributed by atoms with Gasteiger partial charge in [0.2, 0.25) is 0 Å². The van der Waals surface area contributed by atoms with Gasteiger partial charge in [0.05, 0.1) is 20.3 Å². The summed E-state index contributed by atoms with van der Waals surface area (Å²) < 4.78 is 23.7. The van der Waals surface area contributed by atoms with Crippen LogP contribution in [0.4, 0.5) is 10.1 Å². The van der Waals surface area contributed by atoms with Crippen molar-refractivity contribution in [3.05, 3.63) is 59.4 Å². The maximum Gasteiger partial charge on any atom is 0.193 e. The van der Waals surface area contributed by atoms with E-state index in [1.807, 2.05) is 24.3 Å². The van der Waals surface area contributed by atoms with Crippen LogP contribution in [-0.2, 0) is 17.9 Å². The third-order valence-corrected chi connectivity index (χ3v) is 3.18. The summed E-state index contributed by atoms with van der Waals surface area (Å²) in [5.41, 5.74) is 8.01. The molecule has 0 saturated heterocycles. The van der Waals surface area contributed by atoms with Gasteiger partial charge in [0.25, 0.3) is 0 Å². The Bertz CT molecular complexity index is 695. The van der Waals surface area contributed by atoms with Gasteiger partial charge >= 0.3 is 0 Å². The van der Waals surface area contributed by atoms with Crippen LogP contribution in [0, 0.1) is 5.82 Å². The first-order chi connectivity index (χ1) is 11.1. The van der Waals surface area contributed by atoms with Crippen molar-refractivity contribution in [3.8, 4) is 5.75 Å². The van der Waals surface area contributed by atoms with Crippen LogP contribution in [0.25, 0.3) is 0 Å². The van der Waals surface area contributed by atoms with E-state index in [2.05, 4.69) is 10.3 Å². The van der Waals surface area contributed by atoms with Crippen LogP contribution in [-0.4, -0.2) is 20.2 Å². The van der Waals surface area contributed by atoms with E-state index in [1.54, 1.807) is 19.2 Å². The number of ether oxygens (including phenoxy) is 2. The molecule has 0 fully saturated rings. The highest BCUT2D eigenvalue weighted by atomic mass is 127. The fraction of sp³-hybridized carbons (Fsp3) is 0.235. The summed E-state index contributed by atoms with van der Waals surface area (Å²) in [6, 6.07) is 12.2. The lowest BCUT2D eigenvalue weighted by atomic mass is 10.1. The summed E-state index contributed by atoms with van der Waals surface area (Å²) in [5.74, 6) is 0.712. The Morgan fingerprint density at radius 1 is 1.21 bits per heavy atom. The largest absolute Gasteiger partial charge is 0.497 e. The lowest BCUT2D eigenvalue weighted by Crippen LogP contribution is -2.22. The second-order valence-corrected chi connectivity index (χ2v) is 4.92. The number of hydrogen-bond acceptors (Lipinski definition) is 3. The van der Waals surface area contributed by atoms with E-state index in [1.165, 1.54) is 13.2 Å². The summed E-state index contributed by atoms with van der Waals surface area (Å²) in [6.07, 6.45) is 0. The van der Waals surface area contributed by atoms with E-state index in [9.17, 15) is 4.39 Å². The molecule has 0 unspecified atom stereocenters. The van der Waals surface area contributed by atoms with Gasteiger partial charge in [-0.1, -0.05) is 12.1 Å². The number of nitrogens with zero attached hydrogens (tertiary/aromatic N) is 1. The SMILES string of the molecule is COCc1cc(CN=C(N)Nc2cccc(OC)c2)ccc1F.I. The van der Waals surface area contributed by atoms with Gasteiger partial charge in [0.1, 0.15) is 11.6 Å². The highest BCUT2D eigenvalue weighted by Gasteiger charge is 2.03. The molecule has 0 spiro atoms. The third-order valence-electron chi connectivity index (χ3n) is 3.18. The summed E-state index contributed by atoms with van der Waals surface area (Å²) in [6.45, 7) is 0.570. The van der Waals surface area contributed by atoms with E-state index >= 15 is 0 Å². The molecule has 0 amide bonds. The van der Waals surface area contributed by atoms with E-state index in [4.69, 9.17) is 15.2 Å². The van der Waals surface area contributed by atoms with Crippen molar-refractivity contribution in [2.75, 3.05) is 19.5 Å². The van der Waals surface area contributed by atoms with Crippen LogP contribution in [0.1, 0.15) is 11.1 Å². The number of benzene rings is 2. The normalized spacial score (nSPS) is 10.9. The smallest absolute Gasteiger partial charge is 0.193 e. The van der Waals surface area contributed by atoms with Gasteiger partial charge in [0, 0.05) is 24.4 Å². The number of nitrogens with two attached hydrogens (primary N) is 1. The van der Waals surface area contributed by atoms with Crippen molar-refractivity contribution < 1.29 is 13.9 Å². The number of anilines is 1. The topological polar surface area (TPSA) is 68.9 Å². The van der Waals surface area contributed by atoms with Gasteiger partial charge in [0.15, 0.2) is 5.96 Å². The Labute approximate surface area is 158 Å². The lowest BCUT2D eigenvalue weighted by molar-refractivity contribution is 0.181. The Hall–Kier alpha value is -1.87. The predicted molar refractivity (Wildman–Crippen MR) is 104 cm³/mol. The quantitative estimate of drug-likeness (QED) is 0.406. The van der Waals surface area contributed by atoms with Gasteiger partial charge in [-0.05, 0) is 29.8 Å². The summed E-state index contributed by atoms with van der Waals surface area (Å²) >= 11 is 0. The molecule has 0 aliphatic rings. The fourth-order valence-corrected chi connectivity index (χ4v) is 2.06. The van der Waals surface area contributed by atoms with Gasteiger partial charge in [-0.2, -0.15) is 0 Å². The molecular formula is C17H21FIN3O2. The first-order valence-corrected chi connectivity index (χ1v) is 7.09. The molecule has 0 saturated carbocycles. The molecule has 7 heteroatoms. The highest BCUT2D eigenvalue weighted by molar-refractivity contribution is 14.0. The molecule has 24 heavy (non-hydrogen) atoms. The first-order valence-electron chi connectivity index (χ1n) is 7.09. The average molecular weight is 445 g/mol. The number of guanidine groups is 1. The van der Waals surface area contributed by atoms with Crippen LogP contribution in [0.3, 0.4) is 0 Å². The maximum atomic E-state index is 13.5. The van der Waals surface area contributed by atoms with Crippen LogP contribution in [0.5, 0.6) is 5.75 Å². The van der Waals surface area contributed by atoms with Crippen molar-refractivity contribution >= 4 is 35.6 Å². The molecule has 0 aliphatic carbocycles. The fourth-order valence-electron chi connectivity index (χ4n) is 2.06. The number of aliphatic imine (C=N–C) groups is 1. The number of nitrogens with one attached hydrogen (secondary N) is 1. The van der Waals surface area contributed by atoms with Crippen molar-refractivity contribution in [1.29, 1.82) is 0 Å². The number of halogens is 2. The number of rotatable bonds is 6. The molecule has 2 aromatic carbocycles. The molecule has 0 aliphatic heterocycles. The Morgan fingerprint density at radius 2 is 2.00 bits per heavy atom. The summed E-state index contributed by atoms with van der Waals surface area (Å²) in [5, 5.41) is 2.99. The molecule has 0 atom stereocenters. The van der Waals surface area contributed by atoms with E-state index in [0.717, 1.165) is 17.0 Å². The van der Waals surface area contributed by atoms with Crippen LogP contribution in [0.15, 0.2) is 47.5 Å². The van der Waals surface area contributed by atoms with Crippen molar-refractivity contribution in [3.63, 3.8) is 0 Å². The van der Waals surface area contributed by atoms with Gasteiger partial charge < -0.3 is 20.5 Å². The van der Waals surface area contributed by atoms with E-state index in [-0.39, 0.29) is 42.4 Å². The first kappa shape index (κ1) is 20.2. The van der Waals surface area contributed by atoms with Crippen molar-refractivity contribution in [2.24, 2.45) is 10.7 Å². The van der Waals surface area contributed by atoms with E-state index in [0.29, 0.717) is 12.1 Å². The van der Waals surface area contributed by atoms with Gasteiger partial charge in [-0.3, -0.25) is 0 Å². The van der Waals surface area contributed by atoms with Gasteiger partial charge in [-0.15, -0.1) is 24.0 Å². The maximum absolute atomic E-state index is 13.5. The average Bonchev–Trinajstić information content (AvgIpc) is 2.56. The molecule has 5 nitrogen and oxygen atoms in total. The molecule has 0 bridgehead atoms. The number of hydrogen-bond donors (Lipinski definition) is 2. The minimum Gasteiger partial charge on any atom is -0.497 e. The van der Waals surface area contributed by atoms with Crippen LogP contribution >= 0.6 is 24.0 Å². The molecule has 2 rings (SSSR count). The molecule has 0 heterocycles. The molecule has 0 radical (unpaired) electrons. The Balaban J connectivity index is 0.00000288. The van der Waals surface area contributed by atoms with Crippen LogP contribution < -0.4 is 15.8 Å². The second-order valence-electron chi connectivity index (χ2n) is 4.92. The molecule has 130 valence electrons. The Morgan fingerprint density at radius 3 is 2.71 bits per heavy atom. The molecule has 3 N–H and O–H groups in total. The van der Waals surface area contributed by atoms with Crippen molar-refractivity contribution in [1.82, 2.24) is 0 Å². The zero-order valence-corrected chi connectivity index (χ0v) is 15.9. The van der Waals surface area contributed by atoms with Crippen molar-refractivity contribution in [2.45, 2.75) is 13.2 Å². The minimum atomic E-state index is -0.290. The number of methoxy groups -OCH3 is 2. The second kappa shape index (κ2) is 10.1. The van der Waals surface area contributed by atoms with E-state index < -0.39 is 0 Å². The van der Waals surface area contributed by atoms with Gasteiger partial charge in [-0.25, -0.2) is 9.38 Å². The zero-order chi connectivity index (χ0) is 16.7. The standard InChI is InChI=1S/C17H20FN3O2.HI/c1-22-11-13-8-12(6-7-16(13)18)10-20-17(19)21-14-4-3-5-15(9-14)23-2;/h3-9H,10-11H2,1-2H3,(H3,19,20,21);1H.